The van der Waals surface area contributed by atoms with Gasteiger partial charge in [0.15, 0.2) is 5.82 Å². The second kappa shape index (κ2) is 8.35. The van der Waals surface area contributed by atoms with E-state index in [2.05, 4.69) is 40.3 Å². The predicted octanol–water partition coefficient (Wildman–Crippen LogP) is 3.62. The molecule has 3 N–H and O–H groups in total. The zero-order valence-electron chi connectivity index (χ0n) is 16.8. The number of anilines is 1. The highest BCUT2D eigenvalue weighted by atomic mass is 16.3. The number of aromatic amines is 1. The number of hydrogen-bond donors (Lipinski definition) is 3. The van der Waals surface area contributed by atoms with Crippen LogP contribution in [0.25, 0.3) is 5.57 Å². The number of rotatable bonds is 7. The second-order valence-electron chi connectivity index (χ2n) is 7.94. The van der Waals surface area contributed by atoms with Crippen molar-refractivity contribution in [2.75, 3.05) is 18.4 Å². The molecule has 2 aromatic rings. The van der Waals surface area contributed by atoms with Crippen LogP contribution >= 0.6 is 0 Å². The lowest BCUT2D eigenvalue weighted by atomic mass is 9.94. The molecule has 1 aromatic heterocycles. The molecule has 6 nitrogen and oxygen atoms in total. The number of aliphatic hydroxyl groups excluding tert-OH is 1. The van der Waals surface area contributed by atoms with E-state index in [0.717, 1.165) is 29.8 Å². The van der Waals surface area contributed by atoms with Crippen LogP contribution in [0.1, 0.15) is 54.8 Å². The van der Waals surface area contributed by atoms with Crippen LogP contribution in [0.3, 0.4) is 0 Å². The van der Waals surface area contributed by atoms with Gasteiger partial charge in [-0.15, -0.1) is 0 Å². The summed E-state index contributed by atoms with van der Waals surface area (Å²) in [5.74, 6) is 0.861. The van der Waals surface area contributed by atoms with E-state index in [9.17, 15) is 9.90 Å². The van der Waals surface area contributed by atoms with Crippen molar-refractivity contribution in [2.24, 2.45) is 0 Å². The lowest BCUT2D eigenvalue weighted by Gasteiger charge is -2.29. The first-order valence-electron chi connectivity index (χ1n) is 10.3. The van der Waals surface area contributed by atoms with E-state index in [1.54, 1.807) is 6.08 Å². The maximum absolute atomic E-state index is 12.6. The molecule has 1 aliphatic heterocycles. The first-order valence-corrected chi connectivity index (χ1v) is 10.3. The normalized spacial score (nSPS) is 19.3. The molecule has 0 spiro atoms. The van der Waals surface area contributed by atoms with E-state index in [-0.39, 0.29) is 11.8 Å². The van der Waals surface area contributed by atoms with Gasteiger partial charge in [-0.25, -0.2) is 0 Å². The first kappa shape index (κ1) is 19.6. The van der Waals surface area contributed by atoms with Gasteiger partial charge in [0, 0.05) is 30.8 Å². The molecule has 1 amide bonds. The maximum Gasteiger partial charge on any atom is 0.232 e. The fourth-order valence-electron chi connectivity index (χ4n) is 3.71. The van der Waals surface area contributed by atoms with E-state index < -0.39 is 6.23 Å². The number of aromatic nitrogens is 2. The Labute approximate surface area is 171 Å². The standard InChI is InChI=1S/C23H28N4O2/c1-3-22(28)27-12-10-18(11-13-27)17-6-4-16(5-7-17)15(2)23(29)24-21-14-20(25-26-21)19-8-9-19/h3-7,10,14-15,19,22,28H,1,8-9,11-13H2,2H3,(H2,24,25,26,29). The molecular weight excluding hydrogens is 364 g/mol. The highest BCUT2D eigenvalue weighted by molar-refractivity contribution is 5.94. The fraction of sp³-hybridized carbons (Fsp3) is 0.391. The van der Waals surface area contributed by atoms with Crippen LogP contribution in [0, 0.1) is 0 Å². The summed E-state index contributed by atoms with van der Waals surface area (Å²) in [5, 5.41) is 20.0. The van der Waals surface area contributed by atoms with Gasteiger partial charge < -0.3 is 10.4 Å². The van der Waals surface area contributed by atoms with E-state index in [4.69, 9.17) is 0 Å². The van der Waals surface area contributed by atoms with Gasteiger partial charge in [-0.2, -0.15) is 5.10 Å². The smallest absolute Gasteiger partial charge is 0.232 e. The van der Waals surface area contributed by atoms with Crippen molar-refractivity contribution in [3.05, 3.63) is 65.9 Å². The molecule has 0 radical (unpaired) electrons. The highest BCUT2D eigenvalue weighted by Gasteiger charge is 2.26. The Balaban J connectivity index is 1.37. The summed E-state index contributed by atoms with van der Waals surface area (Å²) < 4.78 is 0. The van der Waals surface area contributed by atoms with Crippen LogP contribution in [0.4, 0.5) is 5.82 Å². The highest BCUT2D eigenvalue weighted by Crippen LogP contribution is 2.39. The summed E-state index contributed by atoms with van der Waals surface area (Å²) in [6, 6.07) is 10.1. The number of aliphatic hydroxyl groups is 1. The van der Waals surface area contributed by atoms with Crippen molar-refractivity contribution >= 4 is 17.3 Å². The molecule has 1 saturated carbocycles. The molecular formula is C23H28N4O2. The molecule has 2 atom stereocenters. The molecule has 0 bridgehead atoms. The van der Waals surface area contributed by atoms with Crippen LogP contribution in [0.5, 0.6) is 0 Å². The van der Waals surface area contributed by atoms with E-state index >= 15 is 0 Å². The predicted molar refractivity (Wildman–Crippen MR) is 114 cm³/mol. The van der Waals surface area contributed by atoms with E-state index in [1.165, 1.54) is 18.4 Å². The largest absolute Gasteiger partial charge is 0.375 e. The number of nitrogens with one attached hydrogen (secondary N) is 2. The molecule has 1 fully saturated rings. The number of H-pyrrole nitrogens is 1. The van der Waals surface area contributed by atoms with E-state index in [1.807, 2.05) is 30.0 Å². The molecule has 152 valence electrons. The molecule has 2 aliphatic rings. The zero-order chi connectivity index (χ0) is 20.4. The lowest BCUT2D eigenvalue weighted by molar-refractivity contribution is -0.117. The molecule has 6 heteroatoms. The molecule has 2 unspecified atom stereocenters. The van der Waals surface area contributed by atoms with Crippen LogP contribution in [0.2, 0.25) is 0 Å². The summed E-state index contributed by atoms with van der Waals surface area (Å²) in [5.41, 5.74) is 4.52. The monoisotopic (exact) mass is 392 g/mol. The minimum absolute atomic E-state index is 0.0578. The van der Waals surface area contributed by atoms with Crippen molar-refractivity contribution < 1.29 is 9.90 Å². The Hall–Kier alpha value is -2.70. The summed E-state index contributed by atoms with van der Waals surface area (Å²) >= 11 is 0. The van der Waals surface area contributed by atoms with Crippen molar-refractivity contribution in [1.82, 2.24) is 15.1 Å². The molecule has 4 rings (SSSR count). The third-order valence-corrected chi connectivity index (χ3v) is 5.87. The number of amides is 1. The van der Waals surface area contributed by atoms with Gasteiger partial charge in [0.1, 0.15) is 6.23 Å². The Bertz CT molecular complexity index is 911. The Morgan fingerprint density at radius 2 is 2.14 bits per heavy atom. The molecule has 1 aliphatic carbocycles. The second-order valence-corrected chi connectivity index (χ2v) is 7.94. The number of benzene rings is 1. The van der Waals surface area contributed by atoms with Crippen molar-refractivity contribution in [1.29, 1.82) is 0 Å². The first-order chi connectivity index (χ1) is 14.0. The average molecular weight is 393 g/mol. The van der Waals surface area contributed by atoms with Crippen LogP contribution < -0.4 is 5.32 Å². The number of carbonyl (C=O) groups is 1. The Morgan fingerprint density at radius 1 is 1.38 bits per heavy atom. The van der Waals surface area contributed by atoms with Crippen molar-refractivity contribution in [3.63, 3.8) is 0 Å². The minimum Gasteiger partial charge on any atom is -0.375 e. The van der Waals surface area contributed by atoms with Crippen LogP contribution in [-0.2, 0) is 4.79 Å². The van der Waals surface area contributed by atoms with E-state index in [0.29, 0.717) is 18.3 Å². The summed E-state index contributed by atoms with van der Waals surface area (Å²) in [6.45, 7) is 7.05. The van der Waals surface area contributed by atoms with Gasteiger partial charge in [-0.1, -0.05) is 36.9 Å². The zero-order valence-corrected chi connectivity index (χ0v) is 16.8. The maximum atomic E-state index is 12.6. The lowest BCUT2D eigenvalue weighted by Crippen LogP contribution is -2.36. The van der Waals surface area contributed by atoms with Gasteiger partial charge >= 0.3 is 0 Å². The topological polar surface area (TPSA) is 81.2 Å². The van der Waals surface area contributed by atoms with Gasteiger partial charge in [-0.3, -0.25) is 14.8 Å². The Morgan fingerprint density at radius 3 is 2.76 bits per heavy atom. The number of carbonyl (C=O) groups excluding carboxylic acids is 1. The SMILES string of the molecule is C=CC(O)N1CC=C(c2ccc(C(C)C(=O)Nc3cc(C4CC4)[nH]n3)cc2)CC1. The molecule has 29 heavy (non-hydrogen) atoms. The summed E-state index contributed by atoms with van der Waals surface area (Å²) in [4.78, 5) is 14.6. The van der Waals surface area contributed by atoms with Gasteiger partial charge in [-0.05, 0) is 49.0 Å². The molecule has 0 saturated heterocycles. The van der Waals surface area contributed by atoms with Crippen LogP contribution in [-0.4, -0.2) is 45.4 Å². The van der Waals surface area contributed by atoms with Gasteiger partial charge in [0.05, 0.1) is 5.92 Å². The van der Waals surface area contributed by atoms with Crippen molar-refractivity contribution in [2.45, 2.75) is 44.2 Å². The average Bonchev–Trinajstić information content (AvgIpc) is 3.52. The van der Waals surface area contributed by atoms with Gasteiger partial charge in [0.2, 0.25) is 5.91 Å². The van der Waals surface area contributed by atoms with Crippen LogP contribution in [0.15, 0.2) is 49.1 Å². The third kappa shape index (κ3) is 4.49. The van der Waals surface area contributed by atoms with Gasteiger partial charge in [0.25, 0.3) is 0 Å². The minimum atomic E-state index is -0.593. The number of hydrogen-bond acceptors (Lipinski definition) is 4. The molecule has 2 heterocycles. The summed E-state index contributed by atoms with van der Waals surface area (Å²) in [7, 11) is 0. The quantitative estimate of drug-likeness (QED) is 0.629. The fourth-order valence-corrected chi connectivity index (χ4v) is 3.71. The number of nitrogens with zero attached hydrogens (tertiary/aromatic N) is 2. The Kier molecular flexibility index (Phi) is 5.65. The third-order valence-electron chi connectivity index (χ3n) is 5.87. The summed E-state index contributed by atoms with van der Waals surface area (Å²) in [6.07, 6.45) is 6.38. The molecule has 1 aromatic carbocycles. The van der Waals surface area contributed by atoms with Crippen molar-refractivity contribution in [3.8, 4) is 0 Å².